The molecule has 1 N–H and O–H groups in total. The summed E-state index contributed by atoms with van der Waals surface area (Å²) in [5, 5.41) is 11.1. The summed E-state index contributed by atoms with van der Waals surface area (Å²) in [5.74, 6) is 1.87. The molecule has 134 valence electrons. The van der Waals surface area contributed by atoms with Crippen molar-refractivity contribution in [2.24, 2.45) is 0 Å². The Kier molecular flexibility index (Phi) is 5.75. The van der Waals surface area contributed by atoms with E-state index in [1.54, 1.807) is 38.5 Å². The SMILES string of the molecule is COc1ccc(NC(=O)CSc2nnc(-c3ccc(OC)cc3)o2)cc1. The van der Waals surface area contributed by atoms with Crippen molar-refractivity contribution in [2.45, 2.75) is 5.22 Å². The first-order chi connectivity index (χ1) is 12.7. The normalized spacial score (nSPS) is 10.4. The van der Waals surface area contributed by atoms with Gasteiger partial charge in [0.1, 0.15) is 11.5 Å². The molecule has 3 aromatic rings. The number of methoxy groups -OCH3 is 2. The summed E-state index contributed by atoms with van der Waals surface area (Å²) in [6, 6.07) is 14.4. The van der Waals surface area contributed by atoms with Gasteiger partial charge in [-0.15, -0.1) is 10.2 Å². The van der Waals surface area contributed by atoms with Gasteiger partial charge in [0.2, 0.25) is 11.8 Å². The van der Waals surface area contributed by atoms with Crippen LogP contribution in [0, 0.1) is 0 Å². The van der Waals surface area contributed by atoms with Gasteiger partial charge in [-0.05, 0) is 48.5 Å². The number of amides is 1. The highest BCUT2D eigenvalue weighted by molar-refractivity contribution is 7.99. The van der Waals surface area contributed by atoms with Crippen molar-refractivity contribution in [1.29, 1.82) is 0 Å². The lowest BCUT2D eigenvalue weighted by molar-refractivity contribution is -0.113. The molecule has 0 fully saturated rings. The van der Waals surface area contributed by atoms with Gasteiger partial charge in [0.15, 0.2) is 0 Å². The standard InChI is InChI=1S/C18H17N3O4S/c1-23-14-7-3-12(4-8-14)17-20-21-18(25-17)26-11-16(22)19-13-5-9-15(24-2)10-6-13/h3-10H,11H2,1-2H3,(H,19,22). The van der Waals surface area contributed by atoms with E-state index in [4.69, 9.17) is 13.9 Å². The number of anilines is 1. The summed E-state index contributed by atoms with van der Waals surface area (Å²) in [6.45, 7) is 0. The van der Waals surface area contributed by atoms with E-state index in [1.807, 2.05) is 24.3 Å². The summed E-state index contributed by atoms with van der Waals surface area (Å²) in [5.41, 5.74) is 1.48. The molecule has 7 nitrogen and oxygen atoms in total. The van der Waals surface area contributed by atoms with Gasteiger partial charge in [-0.3, -0.25) is 4.79 Å². The van der Waals surface area contributed by atoms with Gasteiger partial charge in [-0.2, -0.15) is 0 Å². The van der Waals surface area contributed by atoms with E-state index in [-0.39, 0.29) is 11.7 Å². The molecule has 0 spiro atoms. The van der Waals surface area contributed by atoms with Crippen LogP contribution in [0.1, 0.15) is 0 Å². The Morgan fingerprint density at radius 2 is 1.62 bits per heavy atom. The van der Waals surface area contributed by atoms with E-state index in [0.717, 1.165) is 17.1 Å². The first kappa shape index (κ1) is 17.8. The summed E-state index contributed by atoms with van der Waals surface area (Å²) >= 11 is 1.18. The lowest BCUT2D eigenvalue weighted by atomic mass is 10.2. The van der Waals surface area contributed by atoms with Crippen molar-refractivity contribution < 1.29 is 18.7 Å². The monoisotopic (exact) mass is 371 g/mol. The number of nitrogens with zero attached hydrogens (tertiary/aromatic N) is 2. The average Bonchev–Trinajstić information content (AvgIpc) is 3.16. The molecule has 0 unspecified atom stereocenters. The average molecular weight is 371 g/mol. The highest BCUT2D eigenvalue weighted by Gasteiger charge is 2.11. The predicted octanol–water partition coefficient (Wildman–Crippen LogP) is 3.48. The van der Waals surface area contributed by atoms with Gasteiger partial charge in [0, 0.05) is 11.3 Å². The summed E-state index contributed by atoms with van der Waals surface area (Å²) in [6.07, 6.45) is 0. The fraction of sp³-hybridized carbons (Fsp3) is 0.167. The van der Waals surface area contributed by atoms with Crippen LogP contribution in [0.3, 0.4) is 0 Å². The number of benzene rings is 2. The van der Waals surface area contributed by atoms with Gasteiger partial charge in [0.05, 0.1) is 20.0 Å². The molecule has 0 aliphatic rings. The first-order valence-corrected chi connectivity index (χ1v) is 8.71. The van der Waals surface area contributed by atoms with Crippen molar-refractivity contribution in [3.8, 4) is 23.0 Å². The number of carbonyl (C=O) groups is 1. The Balaban J connectivity index is 1.54. The number of hydrogen-bond donors (Lipinski definition) is 1. The maximum absolute atomic E-state index is 12.0. The van der Waals surface area contributed by atoms with Gasteiger partial charge in [-0.25, -0.2) is 0 Å². The Bertz CT molecular complexity index is 863. The molecule has 1 aromatic heterocycles. The number of carbonyl (C=O) groups excluding carboxylic acids is 1. The highest BCUT2D eigenvalue weighted by Crippen LogP contribution is 2.25. The zero-order valence-electron chi connectivity index (χ0n) is 14.3. The largest absolute Gasteiger partial charge is 0.497 e. The molecule has 0 saturated heterocycles. The number of rotatable bonds is 7. The van der Waals surface area contributed by atoms with Crippen LogP contribution in [0.25, 0.3) is 11.5 Å². The maximum atomic E-state index is 12.0. The number of thioether (sulfide) groups is 1. The lowest BCUT2D eigenvalue weighted by Gasteiger charge is -2.05. The molecule has 0 aliphatic carbocycles. The van der Waals surface area contributed by atoms with Crippen LogP contribution in [0.5, 0.6) is 11.5 Å². The Morgan fingerprint density at radius 1 is 1.00 bits per heavy atom. The molecule has 0 radical (unpaired) electrons. The third kappa shape index (κ3) is 4.54. The third-order valence-corrected chi connectivity index (χ3v) is 4.26. The maximum Gasteiger partial charge on any atom is 0.277 e. The first-order valence-electron chi connectivity index (χ1n) is 7.72. The van der Waals surface area contributed by atoms with E-state index in [1.165, 1.54) is 11.8 Å². The topological polar surface area (TPSA) is 86.5 Å². The molecule has 0 bridgehead atoms. The second-order valence-corrected chi connectivity index (χ2v) is 6.09. The van der Waals surface area contributed by atoms with Crippen LogP contribution in [-0.4, -0.2) is 36.1 Å². The zero-order valence-corrected chi connectivity index (χ0v) is 15.1. The van der Waals surface area contributed by atoms with Gasteiger partial charge >= 0.3 is 0 Å². The molecule has 0 atom stereocenters. The van der Waals surface area contributed by atoms with Crippen LogP contribution < -0.4 is 14.8 Å². The minimum Gasteiger partial charge on any atom is -0.497 e. The van der Waals surface area contributed by atoms with E-state index in [0.29, 0.717) is 16.8 Å². The second kappa shape index (κ2) is 8.39. The molecule has 1 amide bonds. The summed E-state index contributed by atoms with van der Waals surface area (Å²) < 4.78 is 15.8. The minimum absolute atomic E-state index is 0.163. The van der Waals surface area contributed by atoms with E-state index in [2.05, 4.69) is 15.5 Å². The number of nitrogens with one attached hydrogen (secondary N) is 1. The van der Waals surface area contributed by atoms with E-state index >= 15 is 0 Å². The predicted molar refractivity (Wildman–Crippen MR) is 98.6 cm³/mol. The van der Waals surface area contributed by atoms with Crippen molar-refractivity contribution in [3.05, 3.63) is 48.5 Å². The van der Waals surface area contributed by atoms with Crippen molar-refractivity contribution >= 4 is 23.4 Å². The fourth-order valence-electron chi connectivity index (χ4n) is 2.12. The molecular weight excluding hydrogens is 354 g/mol. The Morgan fingerprint density at radius 3 is 2.23 bits per heavy atom. The molecule has 8 heteroatoms. The summed E-state index contributed by atoms with van der Waals surface area (Å²) in [7, 11) is 3.20. The third-order valence-electron chi connectivity index (χ3n) is 3.44. The summed E-state index contributed by atoms with van der Waals surface area (Å²) in [4.78, 5) is 12.0. The van der Waals surface area contributed by atoms with Gasteiger partial charge in [-0.1, -0.05) is 11.8 Å². The number of ether oxygens (including phenoxy) is 2. The van der Waals surface area contributed by atoms with Crippen molar-refractivity contribution in [3.63, 3.8) is 0 Å². The van der Waals surface area contributed by atoms with Crippen LogP contribution in [0.2, 0.25) is 0 Å². The van der Waals surface area contributed by atoms with Crippen LogP contribution in [0.15, 0.2) is 58.2 Å². The number of aromatic nitrogens is 2. The van der Waals surface area contributed by atoms with Gasteiger partial charge in [0.25, 0.3) is 5.22 Å². The van der Waals surface area contributed by atoms with Crippen LogP contribution in [0.4, 0.5) is 5.69 Å². The van der Waals surface area contributed by atoms with E-state index < -0.39 is 0 Å². The molecule has 26 heavy (non-hydrogen) atoms. The second-order valence-electron chi connectivity index (χ2n) is 5.17. The molecule has 2 aromatic carbocycles. The van der Waals surface area contributed by atoms with Gasteiger partial charge < -0.3 is 19.2 Å². The number of hydrogen-bond acceptors (Lipinski definition) is 7. The zero-order chi connectivity index (χ0) is 18.4. The molecule has 0 saturated carbocycles. The Hall–Kier alpha value is -3.00. The lowest BCUT2D eigenvalue weighted by Crippen LogP contribution is -2.13. The molecule has 1 heterocycles. The molecule has 0 aliphatic heterocycles. The fourth-order valence-corrected chi connectivity index (χ4v) is 2.68. The van der Waals surface area contributed by atoms with Crippen molar-refractivity contribution in [2.75, 3.05) is 25.3 Å². The Labute approximate surface area is 154 Å². The minimum atomic E-state index is -0.163. The smallest absolute Gasteiger partial charge is 0.277 e. The van der Waals surface area contributed by atoms with Crippen LogP contribution >= 0.6 is 11.8 Å². The van der Waals surface area contributed by atoms with E-state index in [9.17, 15) is 4.79 Å². The van der Waals surface area contributed by atoms with Crippen molar-refractivity contribution in [1.82, 2.24) is 10.2 Å². The molecular formula is C18H17N3O4S. The van der Waals surface area contributed by atoms with Crippen LogP contribution in [-0.2, 0) is 4.79 Å². The quantitative estimate of drug-likeness (QED) is 0.636. The molecule has 3 rings (SSSR count). The highest BCUT2D eigenvalue weighted by atomic mass is 32.2.